The van der Waals surface area contributed by atoms with Crippen molar-refractivity contribution in [1.29, 1.82) is 0 Å². The number of halogens is 2. The van der Waals surface area contributed by atoms with Gasteiger partial charge in [-0.1, -0.05) is 83.4 Å². The van der Waals surface area contributed by atoms with Crippen molar-refractivity contribution in [2.45, 2.75) is 166 Å². The Morgan fingerprint density at radius 3 is 1.70 bits per heavy atom. The van der Waals surface area contributed by atoms with Crippen LogP contribution < -0.4 is 4.90 Å². The summed E-state index contributed by atoms with van der Waals surface area (Å²) in [5.41, 5.74) is 8.93. The van der Waals surface area contributed by atoms with Crippen LogP contribution in [0.5, 0.6) is 0 Å². The van der Waals surface area contributed by atoms with Crippen molar-refractivity contribution in [2.75, 3.05) is 24.5 Å². The van der Waals surface area contributed by atoms with Crippen LogP contribution >= 0.6 is 27.3 Å². The molecule has 6 heteroatoms. The molecule has 4 aliphatic rings. The minimum absolute atomic E-state index is 0.385. The number of benzene rings is 1. The standard InChI is InChI=1S/C19H28N2.C18H33P.2ClH.Ru/c1-5-6-7-8-9-10-20-11-12-21(15-20)19-17(3)13-16(2)14-18(19)4;1-4-10-16(11-5-1)19(17-12-6-2-7-13-17)18-14-8-3-9-15-18;;;/h1,13-14H,5-12H2,2-4H3;16-18H,1-15H2;2*1H;/q;;;;+2/p-2. The molecule has 43 heavy (non-hydrogen) atoms. The normalized spacial score (nSPS) is 21.6. The SMILES string of the molecule is C1CCC(P(C2CCCCC2)C2CCCCC2)CC1.Cc1cc(C)c(N2[C]N(CCCCCC[CH]=[Ru]([Cl])[Cl])CC2)c(C)c1. The summed E-state index contributed by atoms with van der Waals surface area (Å²) in [6.07, 6.45) is 29.7. The van der Waals surface area contributed by atoms with Gasteiger partial charge in [-0.2, -0.15) is 0 Å². The molecule has 1 aromatic carbocycles. The zero-order valence-corrected chi connectivity index (χ0v) is 31.8. The van der Waals surface area contributed by atoms with Gasteiger partial charge in [-0.15, -0.1) is 0 Å². The van der Waals surface area contributed by atoms with Crippen molar-refractivity contribution in [2.24, 2.45) is 0 Å². The molecule has 2 nitrogen and oxygen atoms in total. The second-order valence-electron chi connectivity index (χ2n) is 13.9. The number of anilines is 1. The molecule has 0 N–H and O–H groups in total. The topological polar surface area (TPSA) is 6.48 Å². The molecule has 4 fully saturated rings. The third kappa shape index (κ3) is 12.2. The smallest absolute Gasteiger partial charge is 0.0543 e. The molecule has 1 aliphatic heterocycles. The summed E-state index contributed by atoms with van der Waals surface area (Å²) in [6, 6.07) is 4.53. The first-order valence-corrected chi connectivity index (χ1v) is 24.9. The van der Waals surface area contributed by atoms with Gasteiger partial charge in [-0.05, 0) is 76.3 Å². The summed E-state index contributed by atoms with van der Waals surface area (Å²) in [7, 11) is 12.0. The summed E-state index contributed by atoms with van der Waals surface area (Å²) >= 11 is -1.54. The van der Waals surface area contributed by atoms with E-state index in [4.69, 9.17) is 19.4 Å². The Kier molecular flexibility index (Phi) is 16.9. The average Bonchev–Trinajstić information content (AvgIpc) is 3.46. The van der Waals surface area contributed by atoms with E-state index in [0.29, 0.717) is 7.92 Å². The number of hydrogen-bond acceptors (Lipinski definition) is 2. The first-order chi connectivity index (χ1) is 20.9. The van der Waals surface area contributed by atoms with E-state index in [-0.39, 0.29) is 0 Å². The average molecular weight is 737 g/mol. The molecule has 1 aromatic rings. The Hall–Kier alpha value is 0.483. The second kappa shape index (κ2) is 20.0. The number of rotatable bonds is 11. The Morgan fingerprint density at radius 1 is 0.721 bits per heavy atom. The molecule has 5 rings (SSSR count). The number of unbranched alkanes of at least 4 members (excludes halogenated alkanes) is 4. The molecular weight excluding hydrogens is 675 g/mol. The molecule has 0 bridgehead atoms. The van der Waals surface area contributed by atoms with Crippen LogP contribution in [0, 0.1) is 27.4 Å². The predicted molar refractivity (Wildman–Crippen MR) is 191 cm³/mol. The van der Waals surface area contributed by atoms with Crippen LogP contribution in [0.25, 0.3) is 0 Å². The molecule has 1 heterocycles. The van der Waals surface area contributed by atoms with Gasteiger partial charge in [0.25, 0.3) is 0 Å². The number of hydrogen-bond donors (Lipinski definition) is 0. The maximum atomic E-state index is 5.83. The first-order valence-electron chi connectivity index (χ1n) is 17.9. The minimum Gasteiger partial charge on any atom is -0.0543 e. The van der Waals surface area contributed by atoms with Crippen LogP contribution in [0.3, 0.4) is 0 Å². The van der Waals surface area contributed by atoms with Crippen molar-refractivity contribution in [1.82, 2.24) is 4.90 Å². The molecule has 3 aliphatic carbocycles. The van der Waals surface area contributed by atoms with E-state index in [0.717, 1.165) is 26.1 Å². The van der Waals surface area contributed by atoms with Gasteiger partial charge >= 0.3 is 123 Å². The van der Waals surface area contributed by atoms with E-state index in [1.807, 2.05) is 0 Å². The van der Waals surface area contributed by atoms with Gasteiger partial charge in [-0.25, -0.2) is 0 Å². The molecule has 1 saturated heterocycles. The fourth-order valence-corrected chi connectivity index (χ4v) is 14.7. The summed E-state index contributed by atoms with van der Waals surface area (Å²) in [4.78, 5) is 4.64. The van der Waals surface area contributed by atoms with Gasteiger partial charge in [0.2, 0.25) is 0 Å². The Balaban J connectivity index is 0.000000202. The zero-order valence-electron chi connectivity index (χ0n) is 27.7. The van der Waals surface area contributed by atoms with Gasteiger partial charge in [0.1, 0.15) is 0 Å². The van der Waals surface area contributed by atoms with Crippen molar-refractivity contribution in [3.8, 4) is 0 Å². The second-order valence-corrected chi connectivity index (χ2v) is 22.9. The van der Waals surface area contributed by atoms with Gasteiger partial charge in [-0.3, -0.25) is 0 Å². The fraction of sp³-hybridized carbons (Fsp3) is 0.784. The summed E-state index contributed by atoms with van der Waals surface area (Å²) < 4.78 is 2.11. The van der Waals surface area contributed by atoms with Crippen LogP contribution in [-0.2, 0) is 13.5 Å². The van der Waals surface area contributed by atoms with E-state index < -0.39 is 13.5 Å². The van der Waals surface area contributed by atoms with Crippen LogP contribution in [-0.4, -0.2) is 46.1 Å². The molecule has 0 unspecified atom stereocenters. The zero-order chi connectivity index (χ0) is 30.4. The third-order valence-electron chi connectivity index (χ3n) is 10.3. The third-order valence-corrected chi connectivity index (χ3v) is 16.8. The Morgan fingerprint density at radius 2 is 1.21 bits per heavy atom. The Bertz CT molecular complexity index is 900. The predicted octanol–water partition coefficient (Wildman–Crippen LogP) is 11.9. The van der Waals surface area contributed by atoms with Gasteiger partial charge in [0.15, 0.2) is 0 Å². The fourth-order valence-electron chi connectivity index (χ4n) is 8.40. The molecule has 2 radical (unpaired) electrons. The van der Waals surface area contributed by atoms with E-state index in [2.05, 4.69) is 54.0 Å². The van der Waals surface area contributed by atoms with Gasteiger partial charge in [0.05, 0.1) is 0 Å². The molecule has 246 valence electrons. The van der Waals surface area contributed by atoms with E-state index in [1.54, 1.807) is 77.0 Å². The molecule has 3 saturated carbocycles. The Labute approximate surface area is 280 Å². The summed E-state index contributed by atoms with van der Waals surface area (Å²) in [5.74, 6) is 0. The molecule has 0 aromatic heterocycles. The molecule has 0 spiro atoms. The van der Waals surface area contributed by atoms with Crippen molar-refractivity contribution < 1.29 is 13.5 Å². The van der Waals surface area contributed by atoms with Crippen LogP contribution in [0.1, 0.15) is 145 Å². The van der Waals surface area contributed by atoms with Crippen LogP contribution in [0.2, 0.25) is 0 Å². The molecule has 0 amide bonds. The maximum absolute atomic E-state index is 5.83. The summed E-state index contributed by atoms with van der Waals surface area (Å²) in [6.45, 7) is 13.3. The van der Waals surface area contributed by atoms with Crippen LogP contribution in [0.15, 0.2) is 12.1 Å². The molecule has 0 atom stereocenters. The number of nitrogens with zero attached hydrogens (tertiary/aromatic N) is 2. The molecular formula is C37H61Cl2N2PRu. The van der Waals surface area contributed by atoms with Gasteiger partial charge < -0.3 is 0 Å². The first kappa shape index (κ1) is 36.3. The number of aryl methyl sites for hydroxylation is 3. The minimum atomic E-state index is -1.54. The van der Waals surface area contributed by atoms with Gasteiger partial charge in [0, 0.05) is 0 Å². The summed E-state index contributed by atoms with van der Waals surface area (Å²) in [5, 5.41) is 0. The van der Waals surface area contributed by atoms with Crippen molar-refractivity contribution >= 4 is 37.6 Å². The van der Waals surface area contributed by atoms with E-state index in [9.17, 15) is 0 Å². The van der Waals surface area contributed by atoms with Crippen LogP contribution in [0.4, 0.5) is 5.69 Å². The quantitative estimate of drug-likeness (QED) is 0.127. The van der Waals surface area contributed by atoms with Crippen molar-refractivity contribution in [3.63, 3.8) is 0 Å². The van der Waals surface area contributed by atoms with Crippen molar-refractivity contribution in [3.05, 3.63) is 35.5 Å². The van der Waals surface area contributed by atoms with E-state index in [1.165, 1.54) is 84.3 Å². The monoisotopic (exact) mass is 736 g/mol. The van der Waals surface area contributed by atoms with E-state index >= 15 is 0 Å².